The summed E-state index contributed by atoms with van der Waals surface area (Å²) >= 11 is 0. The summed E-state index contributed by atoms with van der Waals surface area (Å²) in [6, 6.07) is 8.45. The van der Waals surface area contributed by atoms with Crippen LogP contribution < -0.4 is 0 Å². The van der Waals surface area contributed by atoms with Crippen molar-refractivity contribution in [2.75, 3.05) is 6.61 Å². The van der Waals surface area contributed by atoms with Gasteiger partial charge in [0.25, 0.3) is 5.97 Å². The Hall–Kier alpha value is -2.03. The summed E-state index contributed by atoms with van der Waals surface area (Å²) in [6.45, 7) is 3.80. The van der Waals surface area contributed by atoms with Gasteiger partial charge in [0, 0.05) is 12.5 Å². The molecule has 2 rings (SSSR count). The Labute approximate surface area is 107 Å². The lowest BCUT2D eigenvalue weighted by molar-refractivity contribution is -0.134. The molecule has 0 saturated carbocycles. The van der Waals surface area contributed by atoms with Crippen molar-refractivity contribution in [2.24, 2.45) is 0 Å². The first-order chi connectivity index (χ1) is 8.65. The van der Waals surface area contributed by atoms with Crippen LogP contribution in [-0.4, -0.2) is 17.7 Å². The number of rotatable bonds is 2. The predicted octanol–water partition coefficient (Wildman–Crippen LogP) is 3.27. The fraction of sp³-hybridized carbons (Fsp3) is 0.267. The molecule has 1 aliphatic carbocycles. The highest BCUT2D eigenvalue weighted by Gasteiger charge is 2.08. The maximum absolute atomic E-state index is 9.00. The van der Waals surface area contributed by atoms with Crippen molar-refractivity contribution in [1.29, 1.82) is 0 Å². The molecular weight excluding hydrogens is 228 g/mol. The molecule has 0 bridgehead atoms. The van der Waals surface area contributed by atoms with Gasteiger partial charge < -0.3 is 9.84 Å². The van der Waals surface area contributed by atoms with E-state index in [2.05, 4.69) is 36.4 Å². The normalized spacial score (nSPS) is 14.4. The first-order valence-corrected chi connectivity index (χ1v) is 5.91. The predicted molar refractivity (Wildman–Crippen MR) is 72.2 cm³/mol. The highest BCUT2D eigenvalue weighted by atomic mass is 16.5. The second-order valence-corrected chi connectivity index (χ2v) is 3.81. The van der Waals surface area contributed by atoms with Crippen molar-refractivity contribution in [3.8, 4) is 0 Å². The third kappa shape index (κ3) is 4.45. The number of carboxylic acid groups (broad SMARTS) is 1. The monoisotopic (exact) mass is 246 g/mol. The summed E-state index contributed by atoms with van der Waals surface area (Å²) in [5.41, 5.74) is 3.85. The number of fused-ring (bicyclic) bond motifs is 1. The van der Waals surface area contributed by atoms with Crippen LogP contribution in [0.5, 0.6) is 0 Å². The van der Waals surface area contributed by atoms with E-state index in [-0.39, 0.29) is 0 Å². The fourth-order valence-corrected chi connectivity index (χ4v) is 1.66. The molecule has 96 valence electrons. The summed E-state index contributed by atoms with van der Waals surface area (Å²) in [6.07, 6.45) is 7.17. The number of hydrogen-bond donors (Lipinski definition) is 1. The van der Waals surface area contributed by atoms with Gasteiger partial charge in [-0.15, -0.1) is 0 Å². The van der Waals surface area contributed by atoms with Crippen molar-refractivity contribution < 1.29 is 14.6 Å². The number of benzene rings is 1. The number of carboxylic acids is 1. The van der Waals surface area contributed by atoms with Crippen LogP contribution in [0.3, 0.4) is 0 Å². The van der Waals surface area contributed by atoms with Gasteiger partial charge in [-0.1, -0.05) is 36.4 Å². The number of allylic oxidation sites excluding steroid dienone is 3. The summed E-state index contributed by atoms with van der Waals surface area (Å²) in [5.74, 6) is -0.833. The van der Waals surface area contributed by atoms with Crippen LogP contribution in [0, 0.1) is 0 Å². The van der Waals surface area contributed by atoms with E-state index in [4.69, 9.17) is 14.6 Å². The summed E-state index contributed by atoms with van der Waals surface area (Å²) < 4.78 is 5.32. The van der Waals surface area contributed by atoms with E-state index in [0.717, 1.165) is 20.0 Å². The molecule has 0 fully saturated rings. The van der Waals surface area contributed by atoms with E-state index < -0.39 is 5.97 Å². The van der Waals surface area contributed by atoms with Crippen LogP contribution in [0.2, 0.25) is 0 Å². The Morgan fingerprint density at radius 3 is 2.78 bits per heavy atom. The molecule has 0 heterocycles. The SMILES string of the molecule is CC(=O)O.CCOC=C1C=CCc2ccccc21. The van der Waals surface area contributed by atoms with Gasteiger partial charge in [-0.3, -0.25) is 4.79 Å². The molecule has 0 spiro atoms. The average molecular weight is 246 g/mol. The number of aliphatic carboxylic acids is 1. The largest absolute Gasteiger partial charge is 0.501 e. The maximum Gasteiger partial charge on any atom is 0.300 e. The molecule has 0 aliphatic heterocycles. The van der Waals surface area contributed by atoms with Gasteiger partial charge >= 0.3 is 0 Å². The second-order valence-electron chi connectivity index (χ2n) is 3.81. The van der Waals surface area contributed by atoms with Gasteiger partial charge in [0.2, 0.25) is 0 Å². The van der Waals surface area contributed by atoms with Crippen molar-refractivity contribution in [3.63, 3.8) is 0 Å². The molecule has 3 nitrogen and oxygen atoms in total. The zero-order valence-electron chi connectivity index (χ0n) is 10.7. The van der Waals surface area contributed by atoms with Gasteiger partial charge in [-0.25, -0.2) is 0 Å². The standard InChI is InChI=1S/C13H14O.C2H4O2/c1-2-14-10-12-8-5-7-11-6-3-4-9-13(11)12;1-2(3)4/h3-6,8-10H,2,7H2,1H3;1H3,(H,3,4). The Morgan fingerprint density at radius 2 is 2.11 bits per heavy atom. The Kier molecular flexibility index (Phi) is 5.71. The Morgan fingerprint density at radius 1 is 1.44 bits per heavy atom. The van der Waals surface area contributed by atoms with E-state index in [0.29, 0.717) is 0 Å². The number of ether oxygens (including phenoxy) is 1. The van der Waals surface area contributed by atoms with Gasteiger partial charge in [-0.05, 0) is 24.5 Å². The van der Waals surface area contributed by atoms with E-state index in [9.17, 15) is 0 Å². The minimum absolute atomic E-state index is 0.722. The highest BCUT2D eigenvalue weighted by Crippen LogP contribution is 2.25. The summed E-state index contributed by atoms with van der Waals surface area (Å²) in [7, 11) is 0. The molecule has 0 atom stereocenters. The van der Waals surface area contributed by atoms with Crippen LogP contribution in [0.4, 0.5) is 0 Å². The van der Waals surface area contributed by atoms with Crippen molar-refractivity contribution in [1.82, 2.24) is 0 Å². The molecule has 18 heavy (non-hydrogen) atoms. The van der Waals surface area contributed by atoms with E-state index in [1.54, 1.807) is 0 Å². The van der Waals surface area contributed by atoms with Gasteiger partial charge in [0.05, 0.1) is 12.9 Å². The Bertz CT molecular complexity index is 455. The minimum Gasteiger partial charge on any atom is -0.501 e. The van der Waals surface area contributed by atoms with Crippen LogP contribution in [-0.2, 0) is 16.0 Å². The van der Waals surface area contributed by atoms with Gasteiger partial charge in [0.1, 0.15) is 0 Å². The Balaban J connectivity index is 0.000000357. The zero-order valence-corrected chi connectivity index (χ0v) is 10.7. The molecule has 1 aromatic rings. The third-order valence-corrected chi connectivity index (χ3v) is 2.34. The number of hydrogen-bond acceptors (Lipinski definition) is 2. The van der Waals surface area contributed by atoms with E-state index >= 15 is 0 Å². The lowest BCUT2D eigenvalue weighted by Gasteiger charge is -2.13. The van der Waals surface area contributed by atoms with Gasteiger partial charge in [0.15, 0.2) is 0 Å². The fourth-order valence-electron chi connectivity index (χ4n) is 1.66. The highest BCUT2D eigenvalue weighted by molar-refractivity contribution is 5.77. The smallest absolute Gasteiger partial charge is 0.300 e. The summed E-state index contributed by atoms with van der Waals surface area (Å²) in [5, 5.41) is 7.42. The molecule has 0 unspecified atom stereocenters. The molecular formula is C15H18O3. The van der Waals surface area contributed by atoms with Gasteiger partial charge in [-0.2, -0.15) is 0 Å². The molecule has 1 aliphatic rings. The zero-order chi connectivity index (χ0) is 13.4. The van der Waals surface area contributed by atoms with Crippen LogP contribution in [0.15, 0.2) is 42.7 Å². The molecule has 1 N–H and O–H groups in total. The molecule has 0 amide bonds. The lowest BCUT2D eigenvalue weighted by atomic mass is 9.93. The first kappa shape index (κ1) is 14.0. The minimum atomic E-state index is -0.833. The summed E-state index contributed by atoms with van der Waals surface area (Å²) in [4.78, 5) is 9.00. The molecule has 3 heteroatoms. The lowest BCUT2D eigenvalue weighted by Crippen LogP contribution is -1.96. The maximum atomic E-state index is 9.00. The topological polar surface area (TPSA) is 46.5 Å². The van der Waals surface area contributed by atoms with E-state index in [1.807, 2.05) is 13.2 Å². The molecule has 1 aromatic carbocycles. The van der Waals surface area contributed by atoms with Crippen LogP contribution >= 0.6 is 0 Å². The first-order valence-electron chi connectivity index (χ1n) is 5.91. The van der Waals surface area contributed by atoms with E-state index in [1.165, 1.54) is 16.7 Å². The third-order valence-electron chi connectivity index (χ3n) is 2.34. The average Bonchev–Trinajstić information content (AvgIpc) is 2.35. The molecule has 0 aromatic heterocycles. The molecule has 0 saturated heterocycles. The van der Waals surface area contributed by atoms with Crippen LogP contribution in [0.25, 0.3) is 5.57 Å². The van der Waals surface area contributed by atoms with Crippen molar-refractivity contribution in [2.45, 2.75) is 20.3 Å². The van der Waals surface area contributed by atoms with Crippen LogP contribution in [0.1, 0.15) is 25.0 Å². The molecule has 0 radical (unpaired) electrons. The number of carbonyl (C=O) groups is 1. The quantitative estimate of drug-likeness (QED) is 0.815. The second kappa shape index (κ2) is 7.33. The van der Waals surface area contributed by atoms with Crippen molar-refractivity contribution >= 4 is 11.5 Å². The van der Waals surface area contributed by atoms with Crippen molar-refractivity contribution in [3.05, 3.63) is 53.8 Å².